The highest BCUT2D eigenvalue weighted by molar-refractivity contribution is 5.83. The minimum Gasteiger partial charge on any atom is -0.466 e. The van der Waals surface area contributed by atoms with Crippen LogP contribution in [0.25, 0.3) is 11.2 Å². The van der Waals surface area contributed by atoms with E-state index in [1.165, 1.54) is 6.33 Å². The maximum absolute atomic E-state index is 12.2. The molecule has 1 N–H and O–H groups in total. The minimum absolute atomic E-state index is 0.172. The summed E-state index contributed by atoms with van der Waals surface area (Å²) < 4.78 is 6.57. The van der Waals surface area contributed by atoms with E-state index < -0.39 is 0 Å². The Bertz CT molecular complexity index is 800. The van der Waals surface area contributed by atoms with E-state index in [0.717, 1.165) is 5.82 Å². The zero-order valence-electron chi connectivity index (χ0n) is 15.6. The van der Waals surface area contributed by atoms with Crippen LogP contribution >= 0.6 is 0 Å². The molecule has 11 nitrogen and oxygen atoms in total. The molecule has 0 radical (unpaired) electrons. The molecule has 2 aromatic rings. The topological polar surface area (TPSA) is 118 Å². The molecule has 0 spiro atoms. The number of rotatable bonds is 6. The average molecular weight is 376 g/mol. The van der Waals surface area contributed by atoms with Crippen LogP contribution in [0.2, 0.25) is 0 Å². The summed E-state index contributed by atoms with van der Waals surface area (Å²) >= 11 is 0. The number of carbonyl (C=O) groups is 2. The van der Waals surface area contributed by atoms with Crippen molar-refractivity contribution in [3.05, 3.63) is 6.33 Å². The summed E-state index contributed by atoms with van der Waals surface area (Å²) in [6.45, 7) is 7.41. The molecule has 1 aliphatic rings. The van der Waals surface area contributed by atoms with Gasteiger partial charge in [0.1, 0.15) is 6.33 Å². The number of anilines is 1. The minimum atomic E-state index is -0.310. The number of nitrogens with zero attached hydrogens (tertiary/aromatic N) is 7. The molecule has 0 unspecified atom stereocenters. The van der Waals surface area contributed by atoms with Crippen molar-refractivity contribution in [1.29, 1.82) is 0 Å². The second-order valence-corrected chi connectivity index (χ2v) is 6.04. The third-order valence-corrected chi connectivity index (χ3v) is 4.36. The van der Waals surface area contributed by atoms with Crippen LogP contribution in [-0.4, -0.2) is 81.2 Å². The number of ether oxygens (including phenoxy) is 1. The Morgan fingerprint density at radius 2 is 1.96 bits per heavy atom. The zero-order valence-corrected chi connectivity index (χ0v) is 15.6. The predicted molar refractivity (Wildman–Crippen MR) is 97.2 cm³/mol. The van der Waals surface area contributed by atoms with Gasteiger partial charge in [-0.25, -0.2) is 19.4 Å². The molecule has 3 heterocycles. The highest BCUT2D eigenvalue weighted by Gasteiger charge is 2.24. The molecule has 1 saturated heterocycles. The number of hydrogen-bond acceptors (Lipinski definition) is 8. The van der Waals surface area contributed by atoms with Crippen LogP contribution in [-0.2, 0) is 16.1 Å². The van der Waals surface area contributed by atoms with Crippen molar-refractivity contribution in [2.45, 2.75) is 26.8 Å². The molecule has 27 heavy (non-hydrogen) atoms. The predicted octanol–water partition coefficient (Wildman–Crippen LogP) is 0.0260. The van der Waals surface area contributed by atoms with E-state index in [2.05, 4.69) is 30.5 Å². The van der Waals surface area contributed by atoms with Crippen LogP contribution in [0.3, 0.4) is 0 Å². The largest absolute Gasteiger partial charge is 0.466 e. The molecular weight excluding hydrogens is 352 g/mol. The molecule has 0 atom stereocenters. The lowest BCUT2D eigenvalue weighted by molar-refractivity contribution is -0.142. The van der Waals surface area contributed by atoms with E-state index in [1.54, 1.807) is 16.5 Å². The van der Waals surface area contributed by atoms with Gasteiger partial charge in [0, 0.05) is 39.3 Å². The van der Waals surface area contributed by atoms with E-state index in [1.807, 2.05) is 6.92 Å². The van der Waals surface area contributed by atoms with E-state index >= 15 is 0 Å². The lowest BCUT2D eigenvalue weighted by Crippen LogP contribution is -2.52. The highest BCUT2D eigenvalue weighted by atomic mass is 16.5. The average Bonchev–Trinajstić information content (AvgIpc) is 3.11. The Kier molecular flexibility index (Phi) is 5.99. The second-order valence-electron chi connectivity index (χ2n) is 6.04. The highest BCUT2D eigenvalue weighted by Crippen LogP contribution is 2.21. The Morgan fingerprint density at radius 3 is 2.67 bits per heavy atom. The number of esters is 1. The van der Waals surface area contributed by atoms with Crippen molar-refractivity contribution in [3.63, 3.8) is 0 Å². The molecule has 2 aromatic heterocycles. The maximum Gasteiger partial charge on any atom is 0.317 e. The van der Waals surface area contributed by atoms with Gasteiger partial charge in [-0.2, -0.15) is 0 Å². The number of aryl methyl sites for hydroxylation is 1. The molecule has 3 rings (SSSR count). The summed E-state index contributed by atoms with van der Waals surface area (Å²) in [5, 5.41) is 11.1. The van der Waals surface area contributed by atoms with E-state index in [4.69, 9.17) is 4.74 Å². The number of nitrogens with one attached hydrogen (secondary N) is 1. The quantitative estimate of drug-likeness (QED) is 0.701. The Morgan fingerprint density at radius 1 is 1.19 bits per heavy atom. The van der Waals surface area contributed by atoms with Crippen molar-refractivity contribution in [1.82, 2.24) is 35.2 Å². The van der Waals surface area contributed by atoms with Gasteiger partial charge in [-0.1, -0.05) is 5.21 Å². The number of carbonyl (C=O) groups excluding carboxylic acids is 2. The second kappa shape index (κ2) is 8.60. The normalized spacial score (nSPS) is 14.4. The summed E-state index contributed by atoms with van der Waals surface area (Å²) in [6, 6.07) is -0.177. The first-order valence-electron chi connectivity index (χ1n) is 9.11. The molecule has 0 aromatic carbocycles. The first-order chi connectivity index (χ1) is 13.1. The van der Waals surface area contributed by atoms with Gasteiger partial charge in [0.2, 0.25) is 0 Å². The third kappa shape index (κ3) is 4.23. The monoisotopic (exact) mass is 376 g/mol. The summed E-state index contributed by atoms with van der Waals surface area (Å²) in [6.07, 6.45) is 1.69. The van der Waals surface area contributed by atoms with Gasteiger partial charge in [0.15, 0.2) is 17.0 Å². The van der Waals surface area contributed by atoms with Crippen LogP contribution in [0.1, 0.15) is 20.3 Å². The van der Waals surface area contributed by atoms with Gasteiger partial charge in [0.25, 0.3) is 0 Å². The molecule has 2 amide bonds. The van der Waals surface area contributed by atoms with Gasteiger partial charge < -0.3 is 19.9 Å². The standard InChI is InChI=1S/C16H24N8O3/c1-3-24-15-13(20-21-24)14(18-11-19-15)22-7-9-23(10-8-22)16(26)17-6-5-12(25)27-4-2/h11H,3-10H2,1-2H3,(H,17,26). The van der Waals surface area contributed by atoms with E-state index in [-0.39, 0.29) is 25.0 Å². The summed E-state index contributed by atoms with van der Waals surface area (Å²) in [4.78, 5) is 36.0. The van der Waals surface area contributed by atoms with Crippen molar-refractivity contribution in [3.8, 4) is 0 Å². The smallest absolute Gasteiger partial charge is 0.317 e. The number of hydrogen-bond donors (Lipinski definition) is 1. The van der Waals surface area contributed by atoms with Crippen LogP contribution in [0, 0.1) is 0 Å². The summed E-state index contributed by atoms with van der Waals surface area (Å²) in [5.74, 6) is 0.428. The van der Waals surface area contributed by atoms with E-state index in [9.17, 15) is 9.59 Å². The number of fused-ring (bicyclic) bond motifs is 1. The first-order valence-corrected chi connectivity index (χ1v) is 9.11. The fourth-order valence-corrected chi connectivity index (χ4v) is 2.96. The molecule has 11 heteroatoms. The number of piperazine rings is 1. The summed E-state index contributed by atoms with van der Waals surface area (Å²) in [5.41, 5.74) is 1.38. The molecule has 146 valence electrons. The summed E-state index contributed by atoms with van der Waals surface area (Å²) in [7, 11) is 0. The molecule has 0 saturated carbocycles. The van der Waals surface area contributed by atoms with Crippen molar-refractivity contribution in [2.75, 3.05) is 44.2 Å². The van der Waals surface area contributed by atoms with Crippen LogP contribution < -0.4 is 10.2 Å². The fourth-order valence-electron chi connectivity index (χ4n) is 2.96. The third-order valence-electron chi connectivity index (χ3n) is 4.36. The SMILES string of the molecule is CCOC(=O)CCNC(=O)N1CCN(c2ncnc3c2nnn3CC)CC1. The number of aromatic nitrogens is 5. The Hall–Kier alpha value is -2.98. The zero-order chi connectivity index (χ0) is 19.2. The van der Waals surface area contributed by atoms with Gasteiger partial charge in [-0.05, 0) is 13.8 Å². The lowest BCUT2D eigenvalue weighted by atomic mass is 10.3. The number of amides is 2. The van der Waals surface area contributed by atoms with Crippen molar-refractivity contribution in [2.24, 2.45) is 0 Å². The molecule has 0 aliphatic carbocycles. The van der Waals surface area contributed by atoms with Crippen molar-refractivity contribution >= 4 is 29.0 Å². The maximum atomic E-state index is 12.2. The van der Waals surface area contributed by atoms with E-state index in [0.29, 0.717) is 50.5 Å². The van der Waals surface area contributed by atoms with Crippen LogP contribution in [0.15, 0.2) is 6.33 Å². The van der Waals surface area contributed by atoms with Gasteiger partial charge in [-0.3, -0.25) is 4.79 Å². The Labute approximate surface area is 156 Å². The van der Waals surface area contributed by atoms with Gasteiger partial charge in [-0.15, -0.1) is 5.10 Å². The van der Waals surface area contributed by atoms with Crippen LogP contribution in [0.5, 0.6) is 0 Å². The lowest BCUT2D eigenvalue weighted by Gasteiger charge is -2.35. The van der Waals surface area contributed by atoms with Gasteiger partial charge >= 0.3 is 12.0 Å². The van der Waals surface area contributed by atoms with Crippen LogP contribution in [0.4, 0.5) is 10.6 Å². The van der Waals surface area contributed by atoms with Gasteiger partial charge in [0.05, 0.1) is 13.0 Å². The van der Waals surface area contributed by atoms with Crippen molar-refractivity contribution < 1.29 is 14.3 Å². The molecule has 0 bridgehead atoms. The molecule has 1 fully saturated rings. The molecular formula is C16H24N8O3. The number of urea groups is 1. The fraction of sp³-hybridized carbons (Fsp3) is 0.625. The molecule has 1 aliphatic heterocycles. The first kappa shape index (κ1) is 18.8. The Balaban J connectivity index is 1.54.